The van der Waals surface area contributed by atoms with Crippen molar-refractivity contribution in [2.24, 2.45) is 4.99 Å². The van der Waals surface area contributed by atoms with E-state index in [1.807, 2.05) is 36.6 Å². The molecule has 2 aromatic carbocycles. The second-order valence-electron chi connectivity index (χ2n) is 10.2. The van der Waals surface area contributed by atoms with Gasteiger partial charge < -0.3 is 23.5 Å². The summed E-state index contributed by atoms with van der Waals surface area (Å²) >= 11 is 4.87. The Kier molecular flexibility index (Phi) is 9.17. The summed E-state index contributed by atoms with van der Waals surface area (Å²) in [5, 5.41) is 0. The molecule has 45 heavy (non-hydrogen) atoms. The summed E-state index contributed by atoms with van der Waals surface area (Å²) in [7, 11) is 4.41. The van der Waals surface area contributed by atoms with E-state index < -0.39 is 18.0 Å². The summed E-state index contributed by atoms with van der Waals surface area (Å²) in [6.07, 6.45) is 1.83. The van der Waals surface area contributed by atoms with Crippen molar-refractivity contribution in [3.63, 3.8) is 0 Å². The number of aromatic nitrogens is 2. The average Bonchev–Trinajstić information content (AvgIpc) is 3.48. The van der Waals surface area contributed by atoms with E-state index in [1.165, 1.54) is 37.2 Å². The van der Waals surface area contributed by atoms with Gasteiger partial charge in [0.05, 0.1) is 55.3 Å². The minimum atomic E-state index is -0.842. The Morgan fingerprint density at radius 3 is 2.40 bits per heavy atom. The van der Waals surface area contributed by atoms with Gasteiger partial charge >= 0.3 is 11.9 Å². The van der Waals surface area contributed by atoms with E-state index in [0.29, 0.717) is 42.1 Å². The second-order valence-corrected chi connectivity index (χ2v) is 12.1. The molecule has 0 N–H and O–H groups in total. The third-order valence-electron chi connectivity index (χ3n) is 7.60. The molecule has 0 saturated heterocycles. The number of ether oxygens (including phenoxy) is 4. The number of hydrogen-bond acceptors (Lipinski definition) is 9. The molecule has 0 spiro atoms. The van der Waals surface area contributed by atoms with Crippen LogP contribution in [0.4, 0.5) is 0 Å². The summed E-state index contributed by atoms with van der Waals surface area (Å²) in [5.74, 6) is -0.0444. The van der Waals surface area contributed by atoms with Crippen molar-refractivity contribution < 1.29 is 28.5 Å². The summed E-state index contributed by atoms with van der Waals surface area (Å²) in [6.45, 7) is 7.54. The lowest BCUT2D eigenvalue weighted by Gasteiger charge is -2.26. The van der Waals surface area contributed by atoms with Crippen molar-refractivity contribution >= 4 is 45.3 Å². The number of rotatable bonds is 8. The number of nitrogens with zero attached hydrogens (tertiary/aromatic N) is 3. The van der Waals surface area contributed by atoms with E-state index in [4.69, 9.17) is 18.9 Å². The molecule has 1 aliphatic rings. The lowest BCUT2D eigenvalue weighted by atomic mass is 9.95. The van der Waals surface area contributed by atoms with Crippen LogP contribution in [0.15, 0.2) is 68.0 Å². The number of carbonyl (C=O) groups excluding carboxylic acids is 2. The molecule has 4 aromatic rings. The van der Waals surface area contributed by atoms with E-state index in [9.17, 15) is 14.4 Å². The molecule has 0 unspecified atom stereocenters. The van der Waals surface area contributed by atoms with Gasteiger partial charge in [0.2, 0.25) is 0 Å². The quantitative estimate of drug-likeness (QED) is 0.245. The molecule has 0 bridgehead atoms. The van der Waals surface area contributed by atoms with E-state index >= 15 is 0 Å². The minimum absolute atomic E-state index is 0.165. The van der Waals surface area contributed by atoms with Crippen LogP contribution in [0.1, 0.15) is 52.8 Å². The predicted molar refractivity (Wildman–Crippen MR) is 174 cm³/mol. The van der Waals surface area contributed by atoms with Crippen LogP contribution in [0.3, 0.4) is 0 Å². The van der Waals surface area contributed by atoms with Gasteiger partial charge in [-0.15, -0.1) is 0 Å². The molecule has 0 fully saturated rings. The normalized spacial score (nSPS) is 14.6. The zero-order chi connectivity index (χ0) is 32.6. The van der Waals surface area contributed by atoms with Crippen molar-refractivity contribution in [2.75, 3.05) is 27.9 Å². The predicted octanol–water partition coefficient (Wildman–Crippen LogP) is 4.77. The fourth-order valence-corrected chi connectivity index (χ4v) is 7.10. The van der Waals surface area contributed by atoms with Gasteiger partial charge in [-0.2, -0.15) is 0 Å². The lowest BCUT2D eigenvalue weighted by Crippen LogP contribution is -2.40. The highest BCUT2D eigenvalue weighted by Gasteiger charge is 2.35. The molecule has 0 amide bonds. The van der Waals surface area contributed by atoms with Gasteiger partial charge in [-0.05, 0) is 81.3 Å². The molecule has 0 saturated carbocycles. The Balaban J connectivity index is 1.71. The highest BCUT2D eigenvalue weighted by atomic mass is 79.9. The van der Waals surface area contributed by atoms with Crippen molar-refractivity contribution in [1.82, 2.24) is 9.13 Å². The van der Waals surface area contributed by atoms with E-state index in [-0.39, 0.29) is 17.7 Å². The molecule has 0 aliphatic carbocycles. The third kappa shape index (κ3) is 5.75. The standard InChI is InChI=1S/C33H32BrN3O7S/c1-8-44-32(40)28-18(3)35-33-37(29(28)23-15-25(41-5)26(42-6)16-24(23)34)30(38)27(45-33)14-21-12-17(2)36(19(21)4)22-11-9-10-20(13-22)31(39)43-7/h9-16,29H,8H2,1-7H3/b27-14+/t29-/m1/s1. The van der Waals surface area contributed by atoms with Gasteiger partial charge in [0.15, 0.2) is 16.3 Å². The van der Waals surface area contributed by atoms with Crippen LogP contribution >= 0.6 is 27.3 Å². The number of methoxy groups -OCH3 is 3. The van der Waals surface area contributed by atoms with Crippen LogP contribution in [0.25, 0.3) is 11.8 Å². The molecule has 2 aromatic heterocycles. The van der Waals surface area contributed by atoms with E-state index in [0.717, 1.165) is 22.6 Å². The Hall–Kier alpha value is -4.42. The minimum Gasteiger partial charge on any atom is -0.493 e. The molecule has 3 heterocycles. The van der Waals surface area contributed by atoms with Gasteiger partial charge in [0, 0.05) is 21.5 Å². The van der Waals surface area contributed by atoms with Crippen LogP contribution in [0.2, 0.25) is 0 Å². The fourth-order valence-electron chi connectivity index (χ4n) is 5.53. The number of benzene rings is 2. The molecule has 234 valence electrons. The number of hydrogen-bond donors (Lipinski definition) is 0. The zero-order valence-electron chi connectivity index (χ0n) is 25.9. The molecule has 0 radical (unpaired) electrons. The number of carbonyl (C=O) groups is 2. The summed E-state index contributed by atoms with van der Waals surface area (Å²) in [5.41, 5.74) is 4.87. The molecule has 10 nitrogen and oxygen atoms in total. The van der Waals surface area contributed by atoms with Crippen molar-refractivity contribution in [3.05, 3.63) is 106 Å². The van der Waals surface area contributed by atoms with Crippen molar-refractivity contribution in [2.45, 2.75) is 33.7 Å². The van der Waals surface area contributed by atoms with Gasteiger partial charge in [-0.1, -0.05) is 33.3 Å². The Labute approximate surface area is 272 Å². The monoisotopic (exact) mass is 693 g/mol. The van der Waals surface area contributed by atoms with Gasteiger partial charge in [0.25, 0.3) is 5.56 Å². The zero-order valence-corrected chi connectivity index (χ0v) is 28.3. The molecule has 12 heteroatoms. The SMILES string of the molecule is CCOC(=O)C1=C(C)N=c2s/c(=C/c3cc(C)n(-c4cccc(C(=O)OC)c4)c3C)c(=O)n2[C@@H]1c1cc(OC)c(OC)cc1Br. The highest BCUT2D eigenvalue weighted by Crippen LogP contribution is 2.40. The lowest BCUT2D eigenvalue weighted by molar-refractivity contribution is -0.139. The van der Waals surface area contributed by atoms with E-state index in [1.54, 1.807) is 44.2 Å². The number of thiazole rings is 1. The first-order valence-corrected chi connectivity index (χ1v) is 15.6. The van der Waals surface area contributed by atoms with Crippen LogP contribution in [0.5, 0.6) is 11.5 Å². The molecule has 1 atom stereocenters. The maximum absolute atomic E-state index is 14.2. The first-order chi connectivity index (χ1) is 21.5. The molecule has 5 rings (SSSR count). The second kappa shape index (κ2) is 12.9. The number of aryl methyl sites for hydroxylation is 1. The van der Waals surface area contributed by atoms with Crippen LogP contribution in [-0.2, 0) is 14.3 Å². The van der Waals surface area contributed by atoms with Gasteiger partial charge in [-0.25, -0.2) is 14.6 Å². The Bertz CT molecular complexity index is 2050. The molecule has 1 aliphatic heterocycles. The molecular weight excluding hydrogens is 662 g/mol. The van der Waals surface area contributed by atoms with Crippen molar-refractivity contribution in [1.29, 1.82) is 0 Å². The third-order valence-corrected chi connectivity index (χ3v) is 9.27. The van der Waals surface area contributed by atoms with Crippen LogP contribution in [0, 0.1) is 13.8 Å². The largest absolute Gasteiger partial charge is 0.493 e. The van der Waals surface area contributed by atoms with Gasteiger partial charge in [-0.3, -0.25) is 9.36 Å². The highest BCUT2D eigenvalue weighted by molar-refractivity contribution is 9.10. The summed E-state index contributed by atoms with van der Waals surface area (Å²) < 4.78 is 26.0. The number of allylic oxidation sites excluding steroid dienone is 1. The maximum Gasteiger partial charge on any atom is 0.338 e. The maximum atomic E-state index is 14.2. The smallest absolute Gasteiger partial charge is 0.338 e. The number of fused-ring (bicyclic) bond motifs is 1. The van der Waals surface area contributed by atoms with Crippen molar-refractivity contribution in [3.8, 4) is 17.2 Å². The topological polar surface area (TPSA) is 110 Å². The average molecular weight is 695 g/mol. The first-order valence-electron chi connectivity index (χ1n) is 14.0. The summed E-state index contributed by atoms with van der Waals surface area (Å²) in [6, 6.07) is 11.8. The van der Waals surface area contributed by atoms with Crippen LogP contribution < -0.4 is 24.4 Å². The number of halogens is 1. The molecular formula is C33H32BrN3O7S. The Morgan fingerprint density at radius 2 is 1.73 bits per heavy atom. The van der Waals surface area contributed by atoms with Gasteiger partial charge in [0.1, 0.15) is 0 Å². The van der Waals surface area contributed by atoms with E-state index in [2.05, 4.69) is 20.9 Å². The first kappa shape index (κ1) is 32.0. The fraction of sp³-hybridized carbons (Fsp3) is 0.273. The summed E-state index contributed by atoms with van der Waals surface area (Å²) in [4.78, 5) is 44.9. The van der Waals surface area contributed by atoms with Crippen LogP contribution in [-0.4, -0.2) is 49.0 Å². The number of esters is 2. The Morgan fingerprint density at radius 1 is 1.02 bits per heavy atom.